The Kier molecular flexibility index (Phi) is 1.86. The van der Waals surface area contributed by atoms with Gasteiger partial charge in [-0.3, -0.25) is 0 Å². The molecule has 3 aliphatic rings. The van der Waals surface area contributed by atoms with E-state index in [1.807, 2.05) is 0 Å². The minimum atomic E-state index is 0.167. The minimum Gasteiger partial charge on any atom is -0.369 e. The molecular formula is C10H18N2O. The highest BCUT2D eigenvalue weighted by atomic mass is 16.5. The van der Waals surface area contributed by atoms with Crippen molar-refractivity contribution >= 4 is 0 Å². The zero-order valence-electron chi connectivity index (χ0n) is 8.01. The third-order valence-electron chi connectivity index (χ3n) is 3.63. The van der Waals surface area contributed by atoms with Crippen LogP contribution in [0.3, 0.4) is 0 Å². The lowest BCUT2D eigenvalue weighted by molar-refractivity contribution is -0.129. The maximum Gasteiger partial charge on any atom is 0.108 e. The van der Waals surface area contributed by atoms with Gasteiger partial charge in [0.05, 0.1) is 6.61 Å². The van der Waals surface area contributed by atoms with Crippen molar-refractivity contribution in [2.75, 3.05) is 26.2 Å². The monoisotopic (exact) mass is 182 g/mol. The van der Waals surface area contributed by atoms with Crippen LogP contribution in [0.25, 0.3) is 0 Å². The van der Waals surface area contributed by atoms with Gasteiger partial charge in [0.25, 0.3) is 0 Å². The summed E-state index contributed by atoms with van der Waals surface area (Å²) in [6, 6.07) is 0.620. The summed E-state index contributed by atoms with van der Waals surface area (Å²) in [6.07, 6.45) is 4.23. The highest BCUT2D eigenvalue weighted by molar-refractivity contribution is 5.06. The Morgan fingerprint density at radius 1 is 1.31 bits per heavy atom. The summed E-state index contributed by atoms with van der Waals surface area (Å²) in [7, 11) is 0. The summed E-state index contributed by atoms with van der Waals surface area (Å²) in [5, 5.41) is 6.95. The Labute approximate surface area is 79.2 Å². The Bertz CT molecular complexity index is 199. The zero-order chi connectivity index (χ0) is 8.73. The van der Waals surface area contributed by atoms with E-state index in [0.29, 0.717) is 6.04 Å². The van der Waals surface area contributed by atoms with Crippen molar-refractivity contribution in [3.8, 4) is 0 Å². The molecule has 3 fully saturated rings. The number of ether oxygens (including phenoxy) is 1. The van der Waals surface area contributed by atoms with Gasteiger partial charge in [0.1, 0.15) is 5.60 Å². The molecular weight excluding hydrogens is 164 g/mol. The highest BCUT2D eigenvalue weighted by Crippen LogP contribution is 2.38. The molecule has 3 nitrogen and oxygen atoms in total. The summed E-state index contributed by atoms with van der Waals surface area (Å²) < 4.78 is 5.92. The second-order valence-electron chi connectivity index (χ2n) is 4.70. The number of morpholine rings is 1. The van der Waals surface area contributed by atoms with Crippen LogP contribution >= 0.6 is 0 Å². The van der Waals surface area contributed by atoms with Crippen molar-refractivity contribution in [1.82, 2.24) is 10.6 Å². The molecule has 2 N–H and O–H groups in total. The van der Waals surface area contributed by atoms with Gasteiger partial charge in [0.15, 0.2) is 0 Å². The molecule has 1 unspecified atom stereocenters. The molecule has 1 spiro atoms. The highest BCUT2D eigenvalue weighted by Gasteiger charge is 2.48. The van der Waals surface area contributed by atoms with Crippen LogP contribution in [0.1, 0.15) is 19.3 Å². The van der Waals surface area contributed by atoms with Gasteiger partial charge in [-0.25, -0.2) is 0 Å². The van der Waals surface area contributed by atoms with Gasteiger partial charge in [0.2, 0.25) is 0 Å². The zero-order valence-corrected chi connectivity index (χ0v) is 8.01. The van der Waals surface area contributed by atoms with E-state index in [4.69, 9.17) is 4.74 Å². The second kappa shape index (κ2) is 2.94. The average molecular weight is 182 g/mol. The number of hydrogen-bond acceptors (Lipinski definition) is 3. The second-order valence-corrected chi connectivity index (χ2v) is 4.70. The SMILES string of the molecule is C1COC2(CNC2)C(CC2CC2)N1. The van der Waals surface area contributed by atoms with Gasteiger partial charge in [-0.15, -0.1) is 0 Å². The van der Waals surface area contributed by atoms with Gasteiger partial charge in [0, 0.05) is 25.7 Å². The molecule has 2 heterocycles. The van der Waals surface area contributed by atoms with E-state index in [1.54, 1.807) is 0 Å². The number of hydrogen-bond donors (Lipinski definition) is 2. The Balaban J connectivity index is 1.66. The van der Waals surface area contributed by atoms with Gasteiger partial charge in [-0.05, 0) is 12.3 Å². The number of rotatable bonds is 2. The van der Waals surface area contributed by atoms with E-state index in [2.05, 4.69) is 10.6 Å². The van der Waals surface area contributed by atoms with Gasteiger partial charge in [-0.1, -0.05) is 12.8 Å². The predicted molar refractivity (Wildman–Crippen MR) is 50.7 cm³/mol. The van der Waals surface area contributed by atoms with Crippen molar-refractivity contribution in [3.05, 3.63) is 0 Å². The third kappa shape index (κ3) is 1.39. The Morgan fingerprint density at radius 2 is 2.15 bits per heavy atom. The lowest BCUT2D eigenvalue weighted by Gasteiger charge is -2.51. The fraction of sp³-hybridized carbons (Fsp3) is 1.00. The van der Waals surface area contributed by atoms with Crippen LogP contribution < -0.4 is 10.6 Å². The maximum absolute atomic E-state index is 5.92. The summed E-state index contributed by atoms with van der Waals surface area (Å²) in [5.41, 5.74) is 0.167. The van der Waals surface area contributed by atoms with Crippen LogP contribution in [0.2, 0.25) is 0 Å². The number of nitrogens with one attached hydrogen (secondary N) is 2. The smallest absolute Gasteiger partial charge is 0.108 e. The molecule has 1 atom stereocenters. The van der Waals surface area contributed by atoms with Crippen molar-refractivity contribution < 1.29 is 4.74 Å². The van der Waals surface area contributed by atoms with Crippen LogP contribution in [-0.2, 0) is 4.74 Å². The fourth-order valence-electron chi connectivity index (χ4n) is 2.48. The maximum atomic E-state index is 5.92. The first-order valence-electron chi connectivity index (χ1n) is 5.47. The topological polar surface area (TPSA) is 33.3 Å². The van der Waals surface area contributed by atoms with Crippen molar-refractivity contribution in [2.24, 2.45) is 5.92 Å². The molecule has 13 heavy (non-hydrogen) atoms. The summed E-state index contributed by atoms with van der Waals surface area (Å²) in [4.78, 5) is 0. The van der Waals surface area contributed by atoms with Crippen molar-refractivity contribution in [1.29, 1.82) is 0 Å². The molecule has 3 rings (SSSR count). The molecule has 1 aliphatic carbocycles. The molecule has 2 saturated heterocycles. The molecule has 0 aromatic heterocycles. The van der Waals surface area contributed by atoms with Crippen molar-refractivity contribution in [2.45, 2.75) is 30.9 Å². The van der Waals surface area contributed by atoms with E-state index in [1.165, 1.54) is 19.3 Å². The molecule has 0 bridgehead atoms. The third-order valence-corrected chi connectivity index (χ3v) is 3.63. The first-order chi connectivity index (χ1) is 6.39. The molecule has 0 aromatic rings. The molecule has 0 radical (unpaired) electrons. The van der Waals surface area contributed by atoms with Crippen LogP contribution in [-0.4, -0.2) is 37.9 Å². The minimum absolute atomic E-state index is 0.167. The van der Waals surface area contributed by atoms with Crippen LogP contribution in [0.15, 0.2) is 0 Å². The summed E-state index contributed by atoms with van der Waals surface area (Å²) in [6.45, 7) is 4.04. The van der Waals surface area contributed by atoms with Crippen LogP contribution in [0.4, 0.5) is 0 Å². The van der Waals surface area contributed by atoms with E-state index in [0.717, 1.165) is 32.2 Å². The lowest BCUT2D eigenvalue weighted by atomic mass is 9.83. The van der Waals surface area contributed by atoms with E-state index in [-0.39, 0.29) is 5.60 Å². The molecule has 0 aromatic carbocycles. The molecule has 2 aliphatic heterocycles. The molecule has 1 saturated carbocycles. The first kappa shape index (κ1) is 8.21. The average Bonchev–Trinajstić information content (AvgIpc) is 2.86. The van der Waals surface area contributed by atoms with Gasteiger partial charge < -0.3 is 15.4 Å². The largest absolute Gasteiger partial charge is 0.369 e. The normalized spacial score (nSPS) is 37.4. The van der Waals surface area contributed by atoms with E-state index < -0.39 is 0 Å². The Hall–Kier alpha value is -0.120. The first-order valence-corrected chi connectivity index (χ1v) is 5.47. The van der Waals surface area contributed by atoms with Crippen LogP contribution in [0, 0.1) is 5.92 Å². The fourth-order valence-corrected chi connectivity index (χ4v) is 2.48. The van der Waals surface area contributed by atoms with Gasteiger partial charge >= 0.3 is 0 Å². The standard InChI is InChI=1S/C10H18N2O/c1-2-8(1)5-9-10(6-11-7-10)13-4-3-12-9/h8-9,11-12H,1-7H2. The van der Waals surface area contributed by atoms with Gasteiger partial charge in [-0.2, -0.15) is 0 Å². The summed E-state index contributed by atoms with van der Waals surface area (Å²) >= 11 is 0. The molecule has 0 amide bonds. The van der Waals surface area contributed by atoms with E-state index >= 15 is 0 Å². The Morgan fingerprint density at radius 3 is 2.77 bits per heavy atom. The van der Waals surface area contributed by atoms with E-state index in [9.17, 15) is 0 Å². The molecule has 3 heteroatoms. The predicted octanol–water partition coefficient (Wildman–Crippen LogP) is 0.117. The van der Waals surface area contributed by atoms with Crippen molar-refractivity contribution in [3.63, 3.8) is 0 Å². The quantitative estimate of drug-likeness (QED) is 0.636. The summed E-state index contributed by atoms with van der Waals surface area (Å²) in [5.74, 6) is 0.997. The van der Waals surface area contributed by atoms with Crippen LogP contribution in [0.5, 0.6) is 0 Å². The molecule has 74 valence electrons. The lowest BCUT2D eigenvalue weighted by Crippen LogP contribution is -2.73.